The largest absolute Gasteiger partial charge is 3.00 e. The molecule has 50 valence electrons. The summed E-state index contributed by atoms with van der Waals surface area (Å²) in [5.41, 5.74) is 2.01. The van der Waals surface area contributed by atoms with E-state index in [1.807, 2.05) is 35.7 Å². The second kappa shape index (κ2) is 3.46. The van der Waals surface area contributed by atoms with Crippen molar-refractivity contribution in [1.29, 1.82) is 0 Å². The van der Waals surface area contributed by atoms with E-state index in [0.717, 1.165) is 11.3 Å². The third-order valence-electron chi connectivity index (χ3n) is 1.53. The van der Waals surface area contributed by atoms with Crippen LogP contribution in [0.25, 0.3) is 5.65 Å². The van der Waals surface area contributed by atoms with Crippen LogP contribution in [0.5, 0.6) is 0 Å². The molecule has 0 N–H and O–H groups in total. The van der Waals surface area contributed by atoms with Crippen LogP contribution in [-0.4, -0.2) is 9.38 Å². The number of hydrogen-bond donors (Lipinski definition) is 0. The molecule has 0 atom stereocenters. The van der Waals surface area contributed by atoms with Gasteiger partial charge in [0.05, 0.1) is 0 Å². The fraction of sp³-hybridized carbons (Fsp3) is 0.125. The molecule has 0 radical (unpaired) electrons. The summed E-state index contributed by atoms with van der Waals surface area (Å²) in [6.45, 7) is 1.99. The van der Waals surface area contributed by atoms with Crippen molar-refractivity contribution in [3.8, 4) is 0 Å². The molecular formula is C8H7N2Y+2. The van der Waals surface area contributed by atoms with Gasteiger partial charge in [0.1, 0.15) is 0 Å². The van der Waals surface area contributed by atoms with Crippen LogP contribution in [0.1, 0.15) is 5.69 Å². The van der Waals surface area contributed by atoms with Gasteiger partial charge in [-0.1, -0.05) is 11.8 Å². The van der Waals surface area contributed by atoms with Crippen LogP contribution in [0, 0.1) is 13.1 Å². The smallest absolute Gasteiger partial charge is 0.435 e. The zero-order valence-electron chi connectivity index (χ0n) is 6.28. The van der Waals surface area contributed by atoms with E-state index < -0.39 is 0 Å². The number of aryl methyl sites for hydroxylation is 1. The molecule has 2 aromatic rings. The Labute approximate surface area is 90.5 Å². The van der Waals surface area contributed by atoms with Crippen molar-refractivity contribution in [2.45, 2.75) is 6.92 Å². The Bertz CT molecular complexity index is 354. The van der Waals surface area contributed by atoms with Gasteiger partial charge in [0.25, 0.3) is 0 Å². The van der Waals surface area contributed by atoms with Gasteiger partial charge in [-0.2, -0.15) is 0 Å². The molecule has 3 heteroatoms. The van der Waals surface area contributed by atoms with E-state index in [1.165, 1.54) is 0 Å². The summed E-state index contributed by atoms with van der Waals surface area (Å²) in [7, 11) is 0. The summed E-state index contributed by atoms with van der Waals surface area (Å²) in [6.07, 6.45) is 4.87. The second-order valence-corrected chi connectivity index (χ2v) is 2.24. The fourth-order valence-electron chi connectivity index (χ4n) is 1.00. The second-order valence-electron chi connectivity index (χ2n) is 2.24. The van der Waals surface area contributed by atoms with Crippen LogP contribution in [0.15, 0.2) is 24.4 Å². The molecule has 11 heavy (non-hydrogen) atoms. The van der Waals surface area contributed by atoms with Crippen molar-refractivity contribution in [3.63, 3.8) is 0 Å². The zero-order valence-corrected chi connectivity index (χ0v) is 9.12. The maximum absolute atomic E-state index is 4.06. The SMILES string of the molecule is Cc1[c-]nc2ccccn12.[Y+3]. The molecule has 2 rings (SSSR count). The number of rotatable bonds is 0. The molecule has 2 aromatic heterocycles. The Balaban J connectivity index is 0.000000605. The molecule has 0 unspecified atom stereocenters. The van der Waals surface area contributed by atoms with Gasteiger partial charge >= 0.3 is 32.7 Å². The van der Waals surface area contributed by atoms with Crippen molar-refractivity contribution >= 4 is 5.65 Å². The van der Waals surface area contributed by atoms with E-state index in [1.54, 1.807) is 0 Å². The van der Waals surface area contributed by atoms with Crippen molar-refractivity contribution in [3.05, 3.63) is 36.3 Å². The van der Waals surface area contributed by atoms with Gasteiger partial charge in [-0.3, -0.25) is 0 Å². The van der Waals surface area contributed by atoms with E-state index in [-0.39, 0.29) is 32.7 Å². The molecular weight excluding hydrogens is 213 g/mol. The van der Waals surface area contributed by atoms with Crippen LogP contribution in [0.4, 0.5) is 0 Å². The van der Waals surface area contributed by atoms with Gasteiger partial charge < -0.3 is 9.38 Å². The van der Waals surface area contributed by atoms with E-state index in [2.05, 4.69) is 11.2 Å². The topological polar surface area (TPSA) is 17.3 Å². The van der Waals surface area contributed by atoms with E-state index >= 15 is 0 Å². The molecule has 0 bridgehead atoms. The maximum atomic E-state index is 4.06. The van der Waals surface area contributed by atoms with Crippen LogP contribution in [0.3, 0.4) is 0 Å². The van der Waals surface area contributed by atoms with Crippen LogP contribution in [0.2, 0.25) is 0 Å². The molecule has 0 fully saturated rings. The molecule has 0 aliphatic rings. The van der Waals surface area contributed by atoms with Gasteiger partial charge in [0.2, 0.25) is 0 Å². The monoisotopic (exact) mass is 220 g/mol. The molecule has 0 amide bonds. The number of aromatic nitrogens is 2. The van der Waals surface area contributed by atoms with Crippen LogP contribution >= 0.6 is 0 Å². The quantitative estimate of drug-likeness (QED) is 0.614. The van der Waals surface area contributed by atoms with Crippen molar-refractivity contribution in [2.24, 2.45) is 0 Å². The average molecular weight is 220 g/mol. The van der Waals surface area contributed by atoms with Crippen molar-refractivity contribution < 1.29 is 32.7 Å². The Morgan fingerprint density at radius 2 is 2.27 bits per heavy atom. The first-order chi connectivity index (χ1) is 4.88. The molecule has 0 saturated carbocycles. The first-order valence-corrected chi connectivity index (χ1v) is 3.19. The summed E-state index contributed by atoms with van der Waals surface area (Å²) in [6, 6.07) is 5.91. The predicted octanol–water partition coefficient (Wildman–Crippen LogP) is 1.44. The molecule has 0 aromatic carbocycles. The molecule has 2 nitrogen and oxygen atoms in total. The Morgan fingerprint density at radius 1 is 1.45 bits per heavy atom. The van der Waals surface area contributed by atoms with Crippen LogP contribution in [-0.2, 0) is 32.7 Å². The Hall–Kier alpha value is -0.206. The van der Waals surface area contributed by atoms with Gasteiger partial charge in [-0.25, -0.2) is 0 Å². The fourth-order valence-corrected chi connectivity index (χ4v) is 1.00. The number of pyridine rings is 1. The molecule has 0 saturated heterocycles. The standard InChI is InChI=1S/C8H7N2.Y/c1-7-6-9-8-4-2-3-5-10(7)8;/h2-5H,1H3;/q-1;+3. The maximum Gasteiger partial charge on any atom is 3.00 e. The van der Waals surface area contributed by atoms with Gasteiger partial charge in [-0.15, -0.1) is 12.3 Å². The molecule has 0 aliphatic heterocycles. The number of fused-ring (bicyclic) bond motifs is 1. The summed E-state index contributed by atoms with van der Waals surface area (Å²) >= 11 is 0. The zero-order chi connectivity index (χ0) is 6.97. The minimum absolute atomic E-state index is 0. The summed E-state index contributed by atoms with van der Waals surface area (Å²) in [4.78, 5) is 4.06. The summed E-state index contributed by atoms with van der Waals surface area (Å²) < 4.78 is 2.00. The van der Waals surface area contributed by atoms with Gasteiger partial charge in [-0.05, 0) is 24.8 Å². The Kier molecular flexibility index (Phi) is 2.80. The third kappa shape index (κ3) is 1.52. The Morgan fingerprint density at radius 3 is 3.00 bits per heavy atom. The van der Waals surface area contributed by atoms with Crippen LogP contribution < -0.4 is 0 Å². The van der Waals surface area contributed by atoms with E-state index in [0.29, 0.717) is 0 Å². The predicted molar refractivity (Wildman–Crippen MR) is 38.8 cm³/mol. The minimum Gasteiger partial charge on any atom is -0.435 e. The first-order valence-electron chi connectivity index (χ1n) is 3.19. The average Bonchev–Trinajstić information content (AvgIpc) is 2.34. The van der Waals surface area contributed by atoms with Gasteiger partial charge in [0.15, 0.2) is 0 Å². The number of nitrogens with zero attached hydrogens (tertiary/aromatic N) is 2. The van der Waals surface area contributed by atoms with Crippen molar-refractivity contribution in [2.75, 3.05) is 0 Å². The number of imidazole rings is 1. The molecule has 2 heterocycles. The normalized spacial score (nSPS) is 9.55. The van der Waals surface area contributed by atoms with Crippen molar-refractivity contribution in [1.82, 2.24) is 9.38 Å². The summed E-state index contributed by atoms with van der Waals surface area (Å²) in [5, 5.41) is 0. The first kappa shape index (κ1) is 8.89. The molecule has 0 aliphatic carbocycles. The van der Waals surface area contributed by atoms with E-state index in [9.17, 15) is 0 Å². The van der Waals surface area contributed by atoms with E-state index in [4.69, 9.17) is 0 Å². The molecule has 0 spiro atoms. The number of hydrogen-bond acceptors (Lipinski definition) is 1. The minimum atomic E-state index is 0. The summed E-state index contributed by atoms with van der Waals surface area (Å²) in [5.74, 6) is 0. The third-order valence-corrected chi connectivity index (χ3v) is 1.53. The van der Waals surface area contributed by atoms with Gasteiger partial charge in [0, 0.05) is 0 Å².